The highest BCUT2D eigenvalue weighted by Gasteiger charge is 2.00. The Morgan fingerprint density at radius 1 is 1.45 bits per heavy atom. The van der Waals surface area contributed by atoms with Crippen molar-refractivity contribution in [1.82, 2.24) is 13.5 Å². The molecular formula is H7N3O4P4. The number of aromatic nitrogens is 3. The summed E-state index contributed by atoms with van der Waals surface area (Å²) >= 11 is 0. The van der Waals surface area contributed by atoms with E-state index in [4.69, 9.17) is 19.2 Å². The number of phosphoric acid groups is 1. The minimum absolute atomic E-state index is 0.614. The number of hydrogen-bond donors (Lipinski definition) is 5. The van der Waals surface area contributed by atoms with Crippen LogP contribution in [-0.4, -0.2) is 28.2 Å². The molecular weight excluding hydrogens is 230 g/mol. The smallest absolute Gasteiger partial charge is 0.313 e. The second kappa shape index (κ2) is 5.99. The summed E-state index contributed by atoms with van der Waals surface area (Å²) in [6.45, 7) is 0. The van der Waals surface area contributed by atoms with Crippen molar-refractivity contribution in [2.24, 2.45) is 0 Å². The fourth-order valence-corrected chi connectivity index (χ4v) is 2.81. The first-order valence-corrected chi connectivity index (χ1v) is 6.54. The van der Waals surface area contributed by atoms with Gasteiger partial charge in [-0.25, -0.2) is 4.57 Å². The molecule has 1 heterocycles. The zero-order valence-electron chi connectivity index (χ0n) is 5.09. The quantitative estimate of drug-likeness (QED) is 0.422. The van der Waals surface area contributed by atoms with Gasteiger partial charge in [-0.1, -0.05) is 0 Å². The number of nitrogens with one attached hydrogen (secondary N) is 2. The Bertz CT molecular complexity index is 185. The van der Waals surface area contributed by atoms with E-state index in [0.717, 1.165) is 8.51 Å². The molecule has 0 saturated heterocycles. The SMILES string of the molecule is O=P(O)(O)O.n1p[nH][pH][nH][pH]1. The molecule has 11 heteroatoms. The summed E-state index contributed by atoms with van der Waals surface area (Å²) in [6.07, 6.45) is 0. The maximum Gasteiger partial charge on any atom is 0.466 e. The molecule has 1 aromatic rings. The lowest BCUT2D eigenvalue weighted by Gasteiger charge is -1.82. The number of hydrogen-bond acceptors (Lipinski definition) is 2. The van der Waals surface area contributed by atoms with Gasteiger partial charge in [0.15, 0.2) is 0 Å². The second-order valence-electron chi connectivity index (χ2n) is 1.19. The van der Waals surface area contributed by atoms with Crippen LogP contribution in [0.5, 0.6) is 0 Å². The monoisotopic (exact) mass is 237 g/mol. The van der Waals surface area contributed by atoms with Crippen molar-refractivity contribution < 1.29 is 19.2 Å². The third-order valence-electron chi connectivity index (χ3n) is 0.324. The van der Waals surface area contributed by atoms with E-state index in [2.05, 4.69) is 13.5 Å². The maximum absolute atomic E-state index is 8.88. The van der Waals surface area contributed by atoms with Crippen molar-refractivity contribution in [2.75, 3.05) is 0 Å². The van der Waals surface area contributed by atoms with Crippen LogP contribution >= 0.6 is 33.4 Å². The van der Waals surface area contributed by atoms with E-state index in [1.54, 1.807) is 0 Å². The van der Waals surface area contributed by atoms with Crippen molar-refractivity contribution in [2.45, 2.75) is 0 Å². The predicted octanol–water partition coefficient (Wildman–Crippen LogP) is 0.576. The number of nitrogens with zero attached hydrogens (tertiary/aromatic N) is 1. The van der Waals surface area contributed by atoms with Gasteiger partial charge in [0.2, 0.25) is 0 Å². The molecule has 0 fully saturated rings. The van der Waals surface area contributed by atoms with E-state index in [9.17, 15) is 0 Å². The van der Waals surface area contributed by atoms with Gasteiger partial charge in [0.05, 0.1) is 0 Å². The van der Waals surface area contributed by atoms with Crippen molar-refractivity contribution in [3.63, 3.8) is 0 Å². The Hall–Kier alpha value is 0.410. The van der Waals surface area contributed by atoms with Gasteiger partial charge in [-0.15, -0.1) is 0 Å². The number of rotatable bonds is 0. The van der Waals surface area contributed by atoms with Crippen molar-refractivity contribution in [1.29, 1.82) is 0 Å². The second-order valence-corrected chi connectivity index (χ2v) is 5.58. The van der Waals surface area contributed by atoms with E-state index in [1.165, 1.54) is 0 Å². The van der Waals surface area contributed by atoms with E-state index in [-0.39, 0.29) is 0 Å². The Balaban J connectivity index is 0.000000187. The zero-order valence-corrected chi connectivity index (χ0v) is 8.88. The third-order valence-corrected chi connectivity index (χ3v) is 2.92. The van der Waals surface area contributed by atoms with Crippen molar-refractivity contribution in [3.05, 3.63) is 0 Å². The van der Waals surface area contributed by atoms with Crippen LogP contribution in [0.4, 0.5) is 0 Å². The largest absolute Gasteiger partial charge is 0.466 e. The fraction of sp³-hybridized carbons (Fsp3) is 0. The molecule has 5 N–H and O–H groups in total. The Morgan fingerprint density at radius 2 is 2.00 bits per heavy atom. The van der Waals surface area contributed by atoms with E-state index >= 15 is 0 Å². The Kier molecular flexibility index (Phi) is 6.21. The van der Waals surface area contributed by atoms with Gasteiger partial charge in [-0.05, 0) is 0 Å². The van der Waals surface area contributed by atoms with Crippen molar-refractivity contribution >= 4 is 33.4 Å². The number of H-pyrrole nitrogens is 2. The fourth-order valence-electron chi connectivity index (χ4n) is 0.156. The first-order valence-electron chi connectivity index (χ1n) is 2.18. The highest BCUT2D eigenvalue weighted by atomic mass is 31.2. The standard InChI is InChI=1S/H4N3P3.H3O4P/c1-4-2-6-3-5-1;1-5(2,3)4/h1,4-5H,(H,2,3);(H3,1,2,3,4). The average molecular weight is 237 g/mol. The third kappa shape index (κ3) is 17.9. The molecule has 0 aromatic carbocycles. The van der Waals surface area contributed by atoms with Gasteiger partial charge >= 0.3 is 7.82 Å². The summed E-state index contributed by atoms with van der Waals surface area (Å²) < 4.78 is 18.9. The van der Waals surface area contributed by atoms with Gasteiger partial charge in [0, 0.05) is 17.0 Å². The maximum atomic E-state index is 8.88. The molecule has 0 aliphatic carbocycles. The van der Waals surface area contributed by atoms with Gasteiger partial charge in [0.25, 0.3) is 0 Å². The molecule has 66 valence electrons. The average Bonchev–Trinajstić information content (AvgIpc) is 1.88. The Labute approximate surface area is 66.9 Å². The lowest BCUT2D eigenvalue weighted by atomic mass is 13.9. The molecule has 0 radical (unpaired) electrons. The van der Waals surface area contributed by atoms with Gasteiger partial charge < -0.3 is 23.7 Å². The molecule has 2 unspecified atom stereocenters. The normalized spacial score (nSPS) is 11.9. The number of aromatic amines is 2. The first kappa shape index (κ1) is 11.4. The van der Waals surface area contributed by atoms with Crippen LogP contribution in [0, 0.1) is 0 Å². The van der Waals surface area contributed by atoms with E-state index < -0.39 is 7.82 Å². The molecule has 0 aliphatic rings. The van der Waals surface area contributed by atoms with E-state index in [1.807, 2.05) is 0 Å². The molecule has 0 saturated carbocycles. The van der Waals surface area contributed by atoms with E-state index in [0.29, 0.717) is 17.0 Å². The van der Waals surface area contributed by atoms with Gasteiger partial charge in [-0.2, -0.15) is 4.51 Å². The van der Waals surface area contributed by atoms with Gasteiger partial charge in [-0.3, -0.25) is 0 Å². The van der Waals surface area contributed by atoms with Crippen LogP contribution in [0.2, 0.25) is 0 Å². The summed E-state index contributed by atoms with van der Waals surface area (Å²) in [5.74, 6) is 0. The molecule has 7 nitrogen and oxygen atoms in total. The van der Waals surface area contributed by atoms with Crippen LogP contribution in [0.15, 0.2) is 0 Å². The highest BCUT2D eigenvalue weighted by molar-refractivity contribution is 7.45. The summed E-state index contributed by atoms with van der Waals surface area (Å²) in [5.41, 5.74) is 0. The molecule has 0 amide bonds. The molecule has 0 aliphatic heterocycles. The van der Waals surface area contributed by atoms with Crippen LogP contribution in [0.1, 0.15) is 0 Å². The van der Waals surface area contributed by atoms with Crippen LogP contribution < -0.4 is 0 Å². The minimum Gasteiger partial charge on any atom is -0.313 e. The molecule has 1 rings (SSSR count). The summed E-state index contributed by atoms with van der Waals surface area (Å²) in [7, 11) is -2.28. The zero-order chi connectivity index (χ0) is 8.74. The van der Waals surface area contributed by atoms with Gasteiger partial charge in [0.1, 0.15) is 8.51 Å². The minimum atomic E-state index is -4.64. The van der Waals surface area contributed by atoms with Crippen molar-refractivity contribution in [3.8, 4) is 0 Å². The molecule has 11 heavy (non-hydrogen) atoms. The molecule has 1 aromatic heterocycles. The van der Waals surface area contributed by atoms with Crippen LogP contribution in [0.25, 0.3) is 0 Å². The topological polar surface area (TPSA) is 122 Å². The van der Waals surface area contributed by atoms with Crippen LogP contribution in [0.3, 0.4) is 0 Å². The molecule has 0 bridgehead atoms. The first-order chi connectivity index (χ1) is 5.00. The highest BCUT2D eigenvalue weighted by Crippen LogP contribution is 2.25. The molecule has 0 spiro atoms. The summed E-state index contributed by atoms with van der Waals surface area (Å²) in [5, 5.41) is 0. The Morgan fingerprint density at radius 3 is 2.09 bits per heavy atom. The summed E-state index contributed by atoms with van der Waals surface area (Å²) in [6, 6.07) is 0. The molecule has 2 atom stereocenters. The lowest BCUT2D eigenvalue weighted by Crippen LogP contribution is -1.66. The predicted molar refractivity (Wildman–Crippen MR) is 46.3 cm³/mol. The lowest BCUT2D eigenvalue weighted by molar-refractivity contribution is 0.275. The van der Waals surface area contributed by atoms with Crippen LogP contribution in [-0.2, 0) is 4.57 Å². The summed E-state index contributed by atoms with van der Waals surface area (Å²) in [4.78, 5) is 21.6.